The van der Waals surface area contributed by atoms with E-state index in [1.54, 1.807) is 0 Å². The summed E-state index contributed by atoms with van der Waals surface area (Å²) in [6.07, 6.45) is 1.81. The van der Waals surface area contributed by atoms with Gasteiger partial charge in [0.2, 0.25) is 0 Å². The van der Waals surface area contributed by atoms with Crippen LogP contribution in [0.15, 0.2) is 60.7 Å². The van der Waals surface area contributed by atoms with E-state index in [4.69, 9.17) is 0 Å². The molecule has 0 heterocycles. The SMILES string of the molecule is CC(C)(C)[C@]12C[C@@]1(c1ccccc1)CC(=O)[C@@H]2c1ccccc1. The molecule has 0 aromatic heterocycles. The Kier molecular flexibility index (Phi) is 2.91. The third-order valence-corrected chi connectivity index (χ3v) is 6.40. The summed E-state index contributed by atoms with van der Waals surface area (Å²) in [6.45, 7) is 6.94. The zero-order valence-electron chi connectivity index (χ0n) is 14.2. The fraction of sp³-hybridized carbons (Fsp3) is 0.409. The monoisotopic (exact) mass is 304 g/mol. The zero-order valence-corrected chi connectivity index (χ0v) is 14.2. The van der Waals surface area contributed by atoms with Gasteiger partial charge in [0.1, 0.15) is 5.78 Å². The second-order valence-electron chi connectivity index (χ2n) is 8.33. The molecule has 4 rings (SSSR count). The van der Waals surface area contributed by atoms with Crippen molar-refractivity contribution >= 4 is 5.78 Å². The lowest BCUT2D eigenvalue weighted by Crippen LogP contribution is -2.32. The molecule has 0 unspecified atom stereocenters. The van der Waals surface area contributed by atoms with Crippen molar-refractivity contribution < 1.29 is 4.79 Å². The van der Waals surface area contributed by atoms with Crippen molar-refractivity contribution in [3.8, 4) is 0 Å². The summed E-state index contributed by atoms with van der Waals surface area (Å²) in [4.78, 5) is 13.0. The van der Waals surface area contributed by atoms with Crippen LogP contribution in [0.25, 0.3) is 0 Å². The van der Waals surface area contributed by atoms with E-state index in [1.165, 1.54) is 11.1 Å². The summed E-state index contributed by atoms with van der Waals surface area (Å²) in [5, 5.41) is 0. The fourth-order valence-corrected chi connectivity index (χ4v) is 5.46. The third-order valence-electron chi connectivity index (χ3n) is 6.40. The van der Waals surface area contributed by atoms with Gasteiger partial charge in [0, 0.05) is 17.8 Å². The van der Waals surface area contributed by atoms with Crippen LogP contribution in [-0.4, -0.2) is 5.78 Å². The Balaban J connectivity index is 1.89. The Morgan fingerprint density at radius 3 is 2.04 bits per heavy atom. The molecule has 3 atom stereocenters. The number of hydrogen-bond donors (Lipinski definition) is 0. The lowest BCUT2D eigenvalue weighted by atomic mass is 9.66. The molecule has 2 aliphatic rings. The fourth-order valence-electron chi connectivity index (χ4n) is 5.46. The zero-order chi connectivity index (χ0) is 16.3. The van der Waals surface area contributed by atoms with Gasteiger partial charge in [-0.2, -0.15) is 0 Å². The molecule has 2 aromatic carbocycles. The summed E-state index contributed by atoms with van der Waals surface area (Å²) in [6, 6.07) is 21.1. The summed E-state index contributed by atoms with van der Waals surface area (Å²) in [5.74, 6) is 0.449. The van der Waals surface area contributed by atoms with Gasteiger partial charge in [0.05, 0.1) is 0 Å². The molecule has 2 fully saturated rings. The van der Waals surface area contributed by atoms with Crippen LogP contribution in [0, 0.1) is 10.8 Å². The molecule has 2 aliphatic carbocycles. The van der Waals surface area contributed by atoms with Crippen LogP contribution in [0.3, 0.4) is 0 Å². The van der Waals surface area contributed by atoms with E-state index >= 15 is 0 Å². The van der Waals surface area contributed by atoms with E-state index in [1.807, 2.05) is 6.07 Å². The summed E-state index contributed by atoms with van der Waals surface area (Å²) < 4.78 is 0. The minimum absolute atomic E-state index is 0.0314. The molecule has 1 heteroatoms. The predicted molar refractivity (Wildman–Crippen MR) is 93.4 cm³/mol. The maximum Gasteiger partial charge on any atom is 0.141 e. The average Bonchev–Trinajstić information content (AvgIpc) is 3.13. The minimum Gasteiger partial charge on any atom is -0.299 e. The number of rotatable bonds is 2. The first-order valence-corrected chi connectivity index (χ1v) is 8.56. The summed E-state index contributed by atoms with van der Waals surface area (Å²) in [5.41, 5.74) is 2.71. The van der Waals surface area contributed by atoms with Crippen LogP contribution >= 0.6 is 0 Å². The van der Waals surface area contributed by atoms with Crippen molar-refractivity contribution in [2.45, 2.75) is 44.9 Å². The second kappa shape index (κ2) is 4.56. The van der Waals surface area contributed by atoms with Gasteiger partial charge in [0.15, 0.2) is 0 Å². The average molecular weight is 304 g/mol. The van der Waals surface area contributed by atoms with Crippen molar-refractivity contribution in [1.29, 1.82) is 0 Å². The summed E-state index contributed by atoms with van der Waals surface area (Å²) >= 11 is 0. The van der Waals surface area contributed by atoms with E-state index in [0.29, 0.717) is 12.2 Å². The molecule has 0 N–H and O–H groups in total. The van der Waals surface area contributed by atoms with Crippen molar-refractivity contribution in [2.75, 3.05) is 0 Å². The smallest absolute Gasteiger partial charge is 0.141 e. The molecule has 0 spiro atoms. The van der Waals surface area contributed by atoms with Gasteiger partial charge in [-0.3, -0.25) is 4.79 Å². The first-order chi connectivity index (χ1) is 10.9. The van der Waals surface area contributed by atoms with Crippen LogP contribution in [0.4, 0.5) is 0 Å². The first kappa shape index (κ1) is 14.7. The molecule has 0 bridgehead atoms. The number of ketones is 1. The molecular formula is C22H24O. The lowest BCUT2D eigenvalue weighted by Gasteiger charge is -2.37. The molecule has 0 amide bonds. The van der Waals surface area contributed by atoms with Crippen molar-refractivity contribution in [3.05, 3.63) is 71.8 Å². The van der Waals surface area contributed by atoms with Gasteiger partial charge in [-0.1, -0.05) is 81.4 Å². The second-order valence-corrected chi connectivity index (χ2v) is 8.33. The van der Waals surface area contributed by atoms with E-state index in [-0.39, 0.29) is 22.2 Å². The quantitative estimate of drug-likeness (QED) is 0.753. The molecule has 118 valence electrons. The van der Waals surface area contributed by atoms with Crippen LogP contribution in [0.5, 0.6) is 0 Å². The molecular weight excluding hydrogens is 280 g/mol. The highest BCUT2D eigenvalue weighted by Crippen LogP contribution is 2.82. The van der Waals surface area contributed by atoms with Gasteiger partial charge in [-0.05, 0) is 28.4 Å². The third kappa shape index (κ3) is 1.77. The highest BCUT2D eigenvalue weighted by Gasteiger charge is 2.80. The number of Topliss-reactive ketones (excluding diaryl/α,β-unsaturated/α-hetero) is 1. The van der Waals surface area contributed by atoms with E-state index in [0.717, 1.165) is 6.42 Å². The number of carbonyl (C=O) groups excluding carboxylic acids is 1. The maximum atomic E-state index is 13.0. The normalized spacial score (nSPS) is 32.7. The first-order valence-electron chi connectivity index (χ1n) is 8.56. The van der Waals surface area contributed by atoms with Crippen molar-refractivity contribution in [2.24, 2.45) is 10.8 Å². The Bertz CT molecular complexity index is 741. The Morgan fingerprint density at radius 2 is 1.48 bits per heavy atom. The van der Waals surface area contributed by atoms with Gasteiger partial charge in [-0.15, -0.1) is 0 Å². The molecule has 2 aromatic rings. The van der Waals surface area contributed by atoms with E-state index in [2.05, 4.69) is 75.4 Å². The van der Waals surface area contributed by atoms with Crippen LogP contribution in [0.2, 0.25) is 0 Å². The molecule has 23 heavy (non-hydrogen) atoms. The highest BCUT2D eigenvalue weighted by molar-refractivity contribution is 5.94. The van der Waals surface area contributed by atoms with E-state index < -0.39 is 0 Å². The Morgan fingerprint density at radius 1 is 0.913 bits per heavy atom. The number of benzene rings is 2. The molecule has 2 saturated carbocycles. The molecule has 0 radical (unpaired) electrons. The molecule has 0 saturated heterocycles. The lowest BCUT2D eigenvalue weighted by molar-refractivity contribution is -0.120. The molecule has 1 nitrogen and oxygen atoms in total. The Hall–Kier alpha value is -1.89. The predicted octanol–water partition coefficient (Wildman–Crippen LogP) is 5.12. The van der Waals surface area contributed by atoms with Crippen molar-refractivity contribution in [1.82, 2.24) is 0 Å². The largest absolute Gasteiger partial charge is 0.299 e. The minimum atomic E-state index is 0.0314. The van der Waals surface area contributed by atoms with E-state index in [9.17, 15) is 4.79 Å². The topological polar surface area (TPSA) is 17.1 Å². The summed E-state index contributed by atoms with van der Waals surface area (Å²) in [7, 11) is 0. The van der Waals surface area contributed by atoms with Crippen LogP contribution in [-0.2, 0) is 10.2 Å². The number of carbonyl (C=O) groups is 1. The van der Waals surface area contributed by atoms with Gasteiger partial charge in [-0.25, -0.2) is 0 Å². The Labute approximate surface area is 138 Å². The van der Waals surface area contributed by atoms with Gasteiger partial charge >= 0.3 is 0 Å². The number of fused-ring (bicyclic) bond motifs is 1. The standard InChI is InChI=1S/C22H24O/c1-20(2,3)22-15-21(22,17-12-8-5-9-13-17)14-18(23)19(22)16-10-6-4-7-11-16/h4-13,19H,14-15H2,1-3H3/t19-,21+,22+/m0/s1. The number of hydrogen-bond acceptors (Lipinski definition) is 1. The van der Waals surface area contributed by atoms with Gasteiger partial charge in [0.25, 0.3) is 0 Å². The van der Waals surface area contributed by atoms with Gasteiger partial charge < -0.3 is 0 Å². The maximum absolute atomic E-state index is 13.0. The van der Waals surface area contributed by atoms with Crippen molar-refractivity contribution in [3.63, 3.8) is 0 Å². The van der Waals surface area contributed by atoms with Crippen LogP contribution < -0.4 is 0 Å². The highest BCUT2D eigenvalue weighted by atomic mass is 16.1. The van der Waals surface area contributed by atoms with Crippen LogP contribution in [0.1, 0.15) is 50.7 Å². The molecule has 0 aliphatic heterocycles.